The Morgan fingerprint density at radius 2 is 1.70 bits per heavy atom. The van der Waals surface area contributed by atoms with Crippen molar-refractivity contribution in [1.82, 2.24) is 15.0 Å². The summed E-state index contributed by atoms with van der Waals surface area (Å²) >= 11 is 0. The van der Waals surface area contributed by atoms with E-state index in [1.54, 1.807) is 0 Å². The number of carbonyl (C=O) groups excluding carboxylic acids is 1. The zero-order chi connectivity index (χ0) is 16.4. The number of hydrogen-bond donors (Lipinski definition) is 2. The number of hydrogen-bond acceptors (Lipinski definition) is 4. The summed E-state index contributed by atoms with van der Waals surface area (Å²) in [6, 6.07) is 15.1. The Labute approximate surface area is 133 Å². The molecule has 116 valence electrons. The third-order valence-corrected chi connectivity index (χ3v) is 3.64. The van der Waals surface area contributed by atoms with Gasteiger partial charge in [-0.1, -0.05) is 41.6 Å². The fraction of sp³-hybridized carbons (Fsp3) is 0.118. The maximum absolute atomic E-state index is 12.5. The highest BCUT2D eigenvalue weighted by Gasteiger charge is 2.19. The highest BCUT2D eigenvalue weighted by molar-refractivity contribution is 6.06. The largest absolute Gasteiger partial charge is 0.382 e. The lowest BCUT2D eigenvalue weighted by atomic mass is 10.1. The average Bonchev–Trinajstić information content (AvgIpc) is 2.93. The summed E-state index contributed by atoms with van der Waals surface area (Å²) in [6.45, 7) is 3.87. The molecule has 0 saturated heterocycles. The molecule has 0 atom stereocenters. The van der Waals surface area contributed by atoms with Gasteiger partial charge in [-0.3, -0.25) is 4.79 Å². The van der Waals surface area contributed by atoms with Crippen LogP contribution in [-0.4, -0.2) is 20.9 Å². The van der Waals surface area contributed by atoms with Gasteiger partial charge in [0.1, 0.15) is 0 Å². The van der Waals surface area contributed by atoms with Crippen molar-refractivity contribution in [3.63, 3.8) is 0 Å². The molecule has 6 nitrogen and oxygen atoms in total. The van der Waals surface area contributed by atoms with Gasteiger partial charge in [0.05, 0.1) is 5.69 Å². The van der Waals surface area contributed by atoms with E-state index < -0.39 is 0 Å². The Morgan fingerprint density at radius 3 is 2.35 bits per heavy atom. The molecule has 1 aromatic heterocycles. The van der Waals surface area contributed by atoms with E-state index in [1.165, 1.54) is 4.68 Å². The van der Waals surface area contributed by atoms with Gasteiger partial charge in [0, 0.05) is 5.69 Å². The molecule has 2 aromatic carbocycles. The third-order valence-electron chi connectivity index (χ3n) is 3.64. The van der Waals surface area contributed by atoms with Gasteiger partial charge < -0.3 is 11.1 Å². The van der Waals surface area contributed by atoms with Gasteiger partial charge in [-0.2, -0.15) is 4.68 Å². The first-order valence-electron chi connectivity index (χ1n) is 7.22. The van der Waals surface area contributed by atoms with Gasteiger partial charge in [0.2, 0.25) is 0 Å². The Hall–Kier alpha value is -3.15. The number of nitrogens with two attached hydrogens (primary N) is 1. The van der Waals surface area contributed by atoms with Gasteiger partial charge in [0.15, 0.2) is 11.5 Å². The molecule has 3 N–H and O–H groups in total. The molecule has 0 aliphatic rings. The quantitative estimate of drug-likeness (QED) is 0.779. The topological polar surface area (TPSA) is 85.8 Å². The van der Waals surface area contributed by atoms with E-state index in [9.17, 15) is 4.79 Å². The van der Waals surface area contributed by atoms with Crippen LogP contribution in [0.1, 0.15) is 21.6 Å². The predicted octanol–water partition coefficient (Wildman–Crippen LogP) is 2.72. The van der Waals surface area contributed by atoms with Crippen LogP contribution in [-0.2, 0) is 0 Å². The van der Waals surface area contributed by atoms with Crippen LogP contribution in [0.5, 0.6) is 0 Å². The highest BCUT2D eigenvalue weighted by atomic mass is 16.2. The Morgan fingerprint density at radius 1 is 1.04 bits per heavy atom. The minimum absolute atomic E-state index is 0.108. The van der Waals surface area contributed by atoms with Gasteiger partial charge in [0.25, 0.3) is 5.91 Å². The normalized spacial score (nSPS) is 10.5. The third kappa shape index (κ3) is 2.78. The van der Waals surface area contributed by atoms with Gasteiger partial charge in [-0.25, -0.2) is 0 Å². The van der Waals surface area contributed by atoms with Crippen molar-refractivity contribution in [1.29, 1.82) is 0 Å². The number of nitrogens with one attached hydrogen (secondary N) is 1. The van der Waals surface area contributed by atoms with Crippen LogP contribution in [0.3, 0.4) is 0 Å². The van der Waals surface area contributed by atoms with Gasteiger partial charge in [-0.05, 0) is 37.1 Å². The predicted molar refractivity (Wildman–Crippen MR) is 89.6 cm³/mol. The molecule has 3 aromatic rings. The van der Waals surface area contributed by atoms with Crippen LogP contribution in [0.15, 0.2) is 48.5 Å². The lowest BCUT2D eigenvalue weighted by molar-refractivity contribution is 0.102. The molecule has 1 amide bonds. The highest BCUT2D eigenvalue weighted by Crippen LogP contribution is 2.21. The maximum Gasteiger partial charge on any atom is 0.280 e. The lowest BCUT2D eigenvalue weighted by Crippen LogP contribution is -2.16. The van der Waals surface area contributed by atoms with Crippen molar-refractivity contribution in [2.24, 2.45) is 0 Å². The summed E-state index contributed by atoms with van der Waals surface area (Å²) in [5, 5.41) is 10.8. The van der Waals surface area contributed by atoms with Crippen molar-refractivity contribution in [3.8, 4) is 5.69 Å². The molecule has 0 bridgehead atoms. The smallest absolute Gasteiger partial charge is 0.280 e. The molecular weight excluding hydrogens is 290 g/mol. The summed E-state index contributed by atoms with van der Waals surface area (Å²) in [4.78, 5) is 12.5. The Balaban J connectivity index is 1.91. The van der Waals surface area contributed by atoms with E-state index in [0.717, 1.165) is 22.5 Å². The standard InChI is InChI=1S/C17H17N5O/c1-11-7-6-8-12(2)14(11)19-17(23)15-16(18)22(21-20-15)13-9-4-3-5-10-13/h3-10H,18H2,1-2H3,(H,19,23). The Kier molecular flexibility index (Phi) is 3.80. The first-order chi connectivity index (χ1) is 11.1. The zero-order valence-electron chi connectivity index (χ0n) is 12.9. The van der Waals surface area contributed by atoms with Crippen molar-refractivity contribution in [3.05, 3.63) is 65.4 Å². The summed E-state index contributed by atoms with van der Waals surface area (Å²) in [7, 11) is 0. The molecule has 0 spiro atoms. The second-order valence-electron chi connectivity index (χ2n) is 5.29. The van der Waals surface area contributed by atoms with E-state index in [4.69, 9.17) is 5.73 Å². The number of para-hydroxylation sites is 2. The summed E-state index contributed by atoms with van der Waals surface area (Å²) in [5.41, 5.74) is 9.63. The fourth-order valence-electron chi connectivity index (χ4n) is 2.40. The Bertz CT molecular complexity index is 834. The number of aryl methyl sites for hydroxylation is 2. The van der Waals surface area contributed by atoms with E-state index >= 15 is 0 Å². The second-order valence-corrected chi connectivity index (χ2v) is 5.29. The van der Waals surface area contributed by atoms with Crippen LogP contribution in [0.25, 0.3) is 5.69 Å². The number of nitrogens with zero attached hydrogens (tertiary/aromatic N) is 3. The number of carbonyl (C=O) groups is 1. The monoisotopic (exact) mass is 307 g/mol. The van der Waals surface area contributed by atoms with E-state index in [-0.39, 0.29) is 17.4 Å². The number of anilines is 2. The van der Waals surface area contributed by atoms with E-state index in [0.29, 0.717) is 0 Å². The maximum atomic E-state index is 12.5. The summed E-state index contributed by atoms with van der Waals surface area (Å²) in [6.07, 6.45) is 0. The summed E-state index contributed by atoms with van der Waals surface area (Å²) < 4.78 is 1.44. The molecule has 0 aliphatic heterocycles. The molecule has 0 unspecified atom stereocenters. The fourth-order valence-corrected chi connectivity index (χ4v) is 2.40. The zero-order valence-corrected chi connectivity index (χ0v) is 12.9. The van der Waals surface area contributed by atoms with Crippen molar-refractivity contribution < 1.29 is 4.79 Å². The number of aromatic nitrogens is 3. The molecule has 6 heteroatoms. The molecule has 0 radical (unpaired) electrons. The van der Waals surface area contributed by atoms with Crippen LogP contribution in [0.2, 0.25) is 0 Å². The molecule has 0 fully saturated rings. The number of benzene rings is 2. The van der Waals surface area contributed by atoms with Crippen molar-refractivity contribution >= 4 is 17.4 Å². The number of nitrogen functional groups attached to an aromatic ring is 1. The number of rotatable bonds is 3. The van der Waals surface area contributed by atoms with Gasteiger partial charge >= 0.3 is 0 Å². The minimum Gasteiger partial charge on any atom is -0.382 e. The molecule has 1 heterocycles. The molecular formula is C17H17N5O. The van der Waals surface area contributed by atoms with E-state index in [1.807, 2.05) is 62.4 Å². The van der Waals surface area contributed by atoms with E-state index in [2.05, 4.69) is 15.6 Å². The summed E-state index contributed by atoms with van der Waals surface area (Å²) in [5.74, 6) is -0.165. The molecule has 0 aliphatic carbocycles. The van der Waals surface area contributed by atoms with Crippen LogP contribution in [0.4, 0.5) is 11.5 Å². The number of amides is 1. The minimum atomic E-state index is -0.373. The first kappa shape index (κ1) is 14.8. The van der Waals surface area contributed by atoms with Gasteiger partial charge in [-0.15, -0.1) is 5.10 Å². The molecule has 23 heavy (non-hydrogen) atoms. The van der Waals surface area contributed by atoms with Crippen molar-refractivity contribution in [2.75, 3.05) is 11.1 Å². The van der Waals surface area contributed by atoms with Crippen LogP contribution < -0.4 is 11.1 Å². The van der Waals surface area contributed by atoms with Crippen LogP contribution in [0, 0.1) is 13.8 Å². The van der Waals surface area contributed by atoms with Crippen molar-refractivity contribution in [2.45, 2.75) is 13.8 Å². The lowest BCUT2D eigenvalue weighted by Gasteiger charge is -2.10. The van der Waals surface area contributed by atoms with Crippen LogP contribution >= 0.6 is 0 Å². The molecule has 3 rings (SSSR count). The molecule has 0 saturated carbocycles. The first-order valence-corrected chi connectivity index (χ1v) is 7.22. The second kappa shape index (κ2) is 5.92. The SMILES string of the molecule is Cc1cccc(C)c1NC(=O)c1nnn(-c2ccccc2)c1N. The average molecular weight is 307 g/mol.